The van der Waals surface area contributed by atoms with Crippen molar-refractivity contribution in [3.05, 3.63) is 35.6 Å². The van der Waals surface area contributed by atoms with E-state index < -0.39 is 0 Å². The highest BCUT2D eigenvalue weighted by molar-refractivity contribution is 5.82. The summed E-state index contributed by atoms with van der Waals surface area (Å²) in [4.78, 5) is 11.7. The van der Waals surface area contributed by atoms with E-state index >= 15 is 0 Å². The van der Waals surface area contributed by atoms with Crippen molar-refractivity contribution >= 4 is 5.91 Å². The number of hydrogen-bond acceptors (Lipinski definition) is 2. The van der Waals surface area contributed by atoms with Gasteiger partial charge in [-0.2, -0.15) is 0 Å². The van der Waals surface area contributed by atoms with Crippen LogP contribution in [0.3, 0.4) is 0 Å². The van der Waals surface area contributed by atoms with Gasteiger partial charge in [0, 0.05) is 19.0 Å². The molecule has 0 bridgehead atoms. The van der Waals surface area contributed by atoms with Gasteiger partial charge in [-0.25, -0.2) is 4.39 Å². The van der Waals surface area contributed by atoms with E-state index in [1.54, 1.807) is 12.1 Å². The maximum atomic E-state index is 12.7. The molecule has 0 radical (unpaired) electrons. The predicted molar refractivity (Wildman–Crippen MR) is 64.2 cm³/mol. The van der Waals surface area contributed by atoms with E-state index in [1.807, 2.05) is 7.05 Å². The van der Waals surface area contributed by atoms with Gasteiger partial charge in [-0.05, 0) is 37.1 Å². The third-order valence-electron chi connectivity index (χ3n) is 3.10. The second-order valence-electron chi connectivity index (χ2n) is 4.39. The van der Waals surface area contributed by atoms with E-state index in [2.05, 4.69) is 10.6 Å². The molecule has 1 aromatic rings. The lowest BCUT2D eigenvalue weighted by molar-refractivity contribution is -0.122. The fraction of sp³-hybridized carbons (Fsp3) is 0.462. The zero-order chi connectivity index (χ0) is 12.3. The highest BCUT2D eigenvalue weighted by atomic mass is 19.1. The summed E-state index contributed by atoms with van der Waals surface area (Å²) in [5.74, 6) is 0.210. The summed E-state index contributed by atoms with van der Waals surface area (Å²) in [5, 5.41) is 5.86. The van der Waals surface area contributed by atoms with E-state index in [9.17, 15) is 9.18 Å². The SMILES string of the molecule is CNCCNC(=O)C1CC1c1ccc(F)cc1. The fourth-order valence-corrected chi connectivity index (χ4v) is 2.00. The van der Waals surface area contributed by atoms with Crippen molar-refractivity contribution < 1.29 is 9.18 Å². The van der Waals surface area contributed by atoms with Gasteiger partial charge < -0.3 is 10.6 Å². The van der Waals surface area contributed by atoms with Gasteiger partial charge in [0.25, 0.3) is 0 Å². The summed E-state index contributed by atoms with van der Waals surface area (Å²) in [6.07, 6.45) is 0.872. The van der Waals surface area contributed by atoms with Gasteiger partial charge in [0.15, 0.2) is 0 Å². The monoisotopic (exact) mass is 236 g/mol. The fourth-order valence-electron chi connectivity index (χ4n) is 2.00. The van der Waals surface area contributed by atoms with Crippen LogP contribution >= 0.6 is 0 Å². The van der Waals surface area contributed by atoms with Crippen molar-refractivity contribution in [2.45, 2.75) is 12.3 Å². The lowest BCUT2D eigenvalue weighted by Gasteiger charge is -2.04. The molecule has 2 rings (SSSR count). The van der Waals surface area contributed by atoms with Crippen molar-refractivity contribution in [1.82, 2.24) is 10.6 Å². The molecular formula is C13H17FN2O. The number of benzene rings is 1. The smallest absolute Gasteiger partial charge is 0.223 e. The van der Waals surface area contributed by atoms with Crippen LogP contribution in [0.25, 0.3) is 0 Å². The van der Waals surface area contributed by atoms with E-state index in [0.29, 0.717) is 6.54 Å². The van der Waals surface area contributed by atoms with Gasteiger partial charge in [-0.1, -0.05) is 12.1 Å². The summed E-state index contributed by atoms with van der Waals surface area (Å²) in [6, 6.07) is 6.43. The zero-order valence-electron chi connectivity index (χ0n) is 9.87. The molecule has 1 aliphatic rings. The minimum absolute atomic E-state index is 0.0670. The number of halogens is 1. The molecule has 2 atom stereocenters. The Hall–Kier alpha value is -1.42. The van der Waals surface area contributed by atoms with Crippen LogP contribution in [0.2, 0.25) is 0 Å². The largest absolute Gasteiger partial charge is 0.355 e. The second-order valence-corrected chi connectivity index (χ2v) is 4.39. The van der Waals surface area contributed by atoms with Gasteiger partial charge in [0.05, 0.1) is 0 Å². The third kappa shape index (κ3) is 3.03. The zero-order valence-corrected chi connectivity index (χ0v) is 9.87. The highest BCUT2D eigenvalue weighted by Crippen LogP contribution is 2.47. The van der Waals surface area contributed by atoms with Crippen molar-refractivity contribution in [2.75, 3.05) is 20.1 Å². The molecule has 1 aromatic carbocycles. The molecule has 1 saturated carbocycles. The van der Waals surface area contributed by atoms with Crippen LogP contribution < -0.4 is 10.6 Å². The summed E-state index contributed by atoms with van der Waals surface area (Å²) in [5.41, 5.74) is 1.06. The van der Waals surface area contributed by atoms with E-state index in [1.165, 1.54) is 12.1 Å². The Bertz CT molecular complexity index is 391. The Labute approximate surface area is 100 Å². The van der Waals surface area contributed by atoms with Crippen LogP contribution in [-0.4, -0.2) is 26.0 Å². The first-order chi connectivity index (χ1) is 8.22. The standard InChI is InChI=1S/C13H17FN2O/c1-15-6-7-16-13(17)12-8-11(12)9-2-4-10(14)5-3-9/h2-5,11-12,15H,6-8H2,1H3,(H,16,17). The first-order valence-electron chi connectivity index (χ1n) is 5.90. The second kappa shape index (κ2) is 5.27. The van der Waals surface area contributed by atoms with Crippen molar-refractivity contribution in [2.24, 2.45) is 5.92 Å². The van der Waals surface area contributed by atoms with Crippen molar-refractivity contribution in [3.8, 4) is 0 Å². The lowest BCUT2D eigenvalue weighted by atomic mass is 10.1. The molecule has 17 heavy (non-hydrogen) atoms. The van der Waals surface area contributed by atoms with Crippen LogP contribution in [-0.2, 0) is 4.79 Å². The van der Waals surface area contributed by atoms with Crippen molar-refractivity contribution in [3.63, 3.8) is 0 Å². The van der Waals surface area contributed by atoms with Gasteiger partial charge >= 0.3 is 0 Å². The Kier molecular flexibility index (Phi) is 3.74. The molecule has 92 valence electrons. The minimum atomic E-state index is -0.232. The summed E-state index contributed by atoms with van der Waals surface area (Å²) in [6.45, 7) is 1.43. The van der Waals surface area contributed by atoms with Gasteiger partial charge in [-0.3, -0.25) is 4.79 Å². The number of hydrogen-bond donors (Lipinski definition) is 2. The number of carbonyl (C=O) groups excluding carboxylic acids is 1. The highest BCUT2D eigenvalue weighted by Gasteiger charge is 2.43. The van der Waals surface area contributed by atoms with Crippen molar-refractivity contribution in [1.29, 1.82) is 0 Å². The molecule has 0 aromatic heterocycles. The molecule has 2 N–H and O–H groups in total. The van der Waals surface area contributed by atoms with Crippen LogP contribution in [0, 0.1) is 11.7 Å². The molecular weight excluding hydrogens is 219 g/mol. The molecule has 4 heteroatoms. The van der Waals surface area contributed by atoms with Crippen LogP contribution in [0.15, 0.2) is 24.3 Å². The molecule has 1 aliphatic carbocycles. The molecule has 0 heterocycles. The average Bonchev–Trinajstić information content (AvgIpc) is 3.10. The molecule has 1 fully saturated rings. The maximum Gasteiger partial charge on any atom is 0.223 e. The quantitative estimate of drug-likeness (QED) is 0.756. The number of nitrogens with one attached hydrogen (secondary N) is 2. The van der Waals surface area contributed by atoms with E-state index in [-0.39, 0.29) is 23.6 Å². The first kappa shape index (κ1) is 12.0. The molecule has 3 nitrogen and oxygen atoms in total. The average molecular weight is 236 g/mol. The normalized spacial score (nSPS) is 22.2. The van der Waals surface area contributed by atoms with Crippen LogP contribution in [0.1, 0.15) is 17.9 Å². The van der Waals surface area contributed by atoms with Gasteiger partial charge in [-0.15, -0.1) is 0 Å². The molecule has 1 amide bonds. The Balaban J connectivity index is 1.83. The lowest BCUT2D eigenvalue weighted by Crippen LogP contribution is -2.31. The van der Waals surface area contributed by atoms with E-state index in [4.69, 9.17) is 0 Å². The molecule has 0 spiro atoms. The molecule has 0 saturated heterocycles. The summed E-state index contributed by atoms with van der Waals surface area (Å²) in [7, 11) is 1.85. The number of amides is 1. The van der Waals surface area contributed by atoms with Gasteiger partial charge in [0.1, 0.15) is 5.82 Å². The number of likely N-dealkylation sites (N-methyl/N-ethyl adjacent to an activating group) is 1. The first-order valence-corrected chi connectivity index (χ1v) is 5.90. The molecule has 2 unspecified atom stereocenters. The summed E-state index contributed by atoms with van der Waals surface area (Å²) >= 11 is 0. The number of rotatable bonds is 5. The Morgan fingerprint density at radius 3 is 2.71 bits per heavy atom. The van der Waals surface area contributed by atoms with E-state index in [0.717, 1.165) is 18.5 Å². The van der Waals surface area contributed by atoms with Gasteiger partial charge in [0.2, 0.25) is 5.91 Å². The predicted octanol–water partition coefficient (Wildman–Crippen LogP) is 1.26. The third-order valence-corrected chi connectivity index (χ3v) is 3.10. The molecule has 0 aliphatic heterocycles. The van der Waals surface area contributed by atoms with Crippen LogP contribution in [0.5, 0.6) is 0 Å². The topological polar surface area (TPSA) is 41.1 Å². The summed E-state index contributed by atoms with van der Waals surface area (Å²) < 4.78 is 12.7. The Morgan fingerprint density at radius 1 is 1.35 bits per heavy atom. The maximum absolute atomic E-state index is 12.7. The minimum Gasteiger partial charge on any atom is -0.355 e. The van der Waals surface area contributed by atoms with Crippen LogP contribution in [0.4, 0.5) is 4.39 Å². The number of carbonyl (C=O) groups is 1. The Morgan fingerprint density at radius 2 is 2.06 bits per heavy atom.